The number of alkyl halides is 3. The fourth-order valence-electron chi connectivity index (χ4n) is 1.97. The number of rotatable bonds is 5. The summed E-state index contributed by atoms with van der Waals surface area (Å²) in [5, 5.41) is 7.19. The summed E-state index contributed by atoms with van der Waals surface area (Å²) in [5.74, 6) is 0. The lowest BCUT2D eigenvalue weighted by Gasteiger charge is -2.12. The van der Waals surface area contributed by atoms with Crippen LogP contribution < -0.4 is 5.32 Å². The molecule has 0 aliphatic rings. The topological polar surface area (TPSA) is 29.9 Å². The van der Waals surface area contributed by atoms with Gasteiger partial charge in [0.25, 0.3) is 0 Å². The van der Waals surface area contributed by atoms with Crippen molar-refractivity contribution in [1.82, 2.24) is 9.78 Å². The van der Waals surface area contributed by atoms with E-state index in [1.807, 2.05) is 17.7 Å². The van der Waals surface area contributed by atoms with E-state index in [2.05, 4.69) is 26.3 Å². The molecule has 0 saturated heterocycles. The van der Waals surface area contributed by atoms with E-state index in [1.165, 1.54) is 0 Å². The maximum atomic E-state index is 12.8. The number of halogens is 4. The fourth-order valence-corrected chi connectivity index (χ4v) is 2.46. The number of anilines is 1. The van der Waals surface area contributed by atoms with Crippen molar-refractivity contribution in [2.75, 3.05) is 5.32 Å². The van der Waals surface area contributed by atoms with Gasteiger partial charge in [-0.1, -0.05) is 22.9 Å². The molecule has 0 bridgehead atoms. The predicted molar refractivity (Wildman–Crippen MR) is 79.0 cm³/mol. The molecule has 7 heteroatoms. The largest absolute Gasteiger partial charge is 0.416 e. The third-order valence-electron chi connectivity index (χ3n) is 2.94. The molecule has 2 rings (SSSR count). The lowest BCUT2D eigenvalue weighted by atomic mass is 10.2. The second-order valence-corrected chi connectivity index (χ2v) is 5.54. The summed E-state index contributed by atoms with van der Waals surface area (Å²) in [4.78, 5) is 0. The van der Waals surface area contributed by atoms with E-state index in [1.54, 1.807) is 12.3 Å². The molecule has 0 atom stereocenters. The number of nitrogens with one attached hydrogen (secondary N) is 1. The number of aromatic nitrogens is 2. The number of hydrogen-bond acceptors (Lipinski definition) is 2. The Balaban J connectivity index is 2.13. The highest BCUT2D eigenvalue weighted by molar-refractivity contribution is 9.10. The number of hydrogen-bond donors (Lipinski definition) is 1. The minimum atomic E-state index is -4.36. The first-order chi connectivity index (χ1) is 9.90. The van der Waals surface area contributed by atoms with Crippen LogP contribution >= 0.6 is 15.9 Å². The highest BCUT2D eigenvalue weighted by atomic mass is 79.9. The highest BCUT2D eigenvalue weighted by Gasteiger charge is 2.31. The highest BCUT2D eigenvalue weighted by Crippen LogP contribution is 2.33. The van der Waals surface area contributed by atoms with Crippen LogP contribution in [0.15, 0.2) is 34.9 Å². The first-order valence-electron chi connectivity index (χ1n) is 6.52. The van der Waals surface area contributed by atoms with E-state index in [0.29, 0.717) is 16.7 Å². The van der Waals surface area contributed by atoms with E-state index in [0.717, 1.165) is 30.8 Å². The van der Waals surface area contributed by atoms with Gasteiger partial charge in [-0.05, 0) is 30.7 Å². The van der Waals surface area contributed by atoms with Crippen molar-refractivity contribution < 1.29 is 13.2 Å². The van der Waals surface area contributed by atoms with Crippen LogP contribution in [0.4, 0.5) is 18.9 Å². The number of nitrogens with zero attached hydrogens (tertiary/aromatic N) is 2. The maximum absolute atomic E-state index is 12.8. The normalized spacial score (nSPS) is 11.7. The molecular formula is C14H15BrF3N3. The van der Waals surface area contributed by atoms with Gasteiger partial charge in [0.1, 0.15) is 0 Å². The Kier molecular flexibility index (Phi) is 4.92. The molecule has 1 N–H and O–H groups in total. The van der Waals surface area contributed by atoms with Gasteiger partial charge in [0, 0.05) is 22.9 Å². The van der Waals surface area contributed by atoms with Crippen molar-refractivity contribution in [3.05, 3.63) is 46.2 Å². The van der Waals surface area contributed by atoms with Crippen LogP contribution in [-0.4, -0.2) is 9.78 Å². The molecule has 2 aromatic rings. The van der Waals surface area contributed by atoms with Crippen molar-refractivity contribution in [2.45, 2.75) is 32.6 Å². The van der Waals surface area contributed by atoms with E-state index in [-0.39, 0.29) is 0 Å². The van der Waals surface area contributed by atoms with Crippen molar-refractivity contribution in [3.63, 3.8) is 0 Å². The van der Waals surface area contributed by atoms with Crippen molar-refractivity contribution in [1.29, 1.82) is 0 Å². The van der Waals surface area contributed by atoms with Crippen LogP contribution in [0.1, 0.15) is 24.6 Å². The van der Waals surface area contributed by atoms with E-state index >= 15 is 0 Å². The molecule has 1 aromatic heterocycles. The van der Waals surface area contributed by atoms with E-state index in [4.69, 9.17) is 0 Å². The van der Waals surface area contributed by atoms with Gasteiger partial charge in [-0.15, -0.1) is 0 Å². The molecule has 0 aliphatic carbocycles. The first-order valence-corrected chi connectivity index (χ1v) is 7.32. The molecule has 21 heavy (non-hydrogen) atoms. The third kappa shape index (κ3) is 4.23. The molecule has 1 heterocycles. The number of benzene rings is 1. The minimum absolute atomic E-state index is 0.391. The van der Waals surface area contributed by atoms with Gasteiger partial charge >= 0.3 is 6.18 Å². The van der Waals surface area contributed by atoms with Gasteiger partial charge in [0.05, 0.1) is 17.8 Å². The SMILES string of the molecule is CCCn1nccc1CNc1cc(Br)cc(C(F)(F)F)c1. The molecule has 0 fully saturated rings. The molecule has 0 aliphatic heterocycles. The van der Waals surface area contributed by atoms with Crippen molar-refractivity contribution in [3.8, 4) is 0 Å². The molecule has 0 unspecified atom stereocenters. The van der Waals surface area contributed by atoms with Crippen LogP contribution in [0.3, 0.4) is 0 Å². The molecule has 0 spiro atoms. The van der Waals surface area contributed by atoms with Gasteiger partial charge in [-0.2, -0.15) is 18.3 Å². The molecule has 3 nitrogen and oxygen atoms in total. The summed E-state index contributed by atoms with van der Waals surface area (Å²) in [6.45, 7) is 3.26. The second-order valence-electron chi connectivity index (χ2n) is 4.63. The summed E-state index contributed by atoms with van der Waals surface area (Å²) in [7, 11) is 0. The number of aryl methyl sites for hydroxylation is 1. The van der Waals surface area contributed by atoms with Crippen LogP contribution in [0.2, 0.25) is 0 Å². The van der Waals surface area contributed by atoms with Gasteiger partial charge in [-0.3, -0.25) is 4.68 Å². The summed E-state index contributed by atoms with van der Waals surface area (Å²) in [6.07, 6.45) is -1.72. The zero-order chi connectivity index (χ0) is 15.5. The van der Waals surface area contributed by atoms with Gasteiger partial charge in [-0.25, -0.2) is 0 Å². The molecule has 1 aromatic carbocycles. The second kappa shape index (κ2) is 6.51. The fraction of sp³-hybridized carbons (Fsp3) is 0.357. The van der Waals surface area contributed by atoms with Crippen LogP contribution in [0, 0.1) is 0 Å². The summed E-state index contributed by atoms with van der Waals surface area (Å²) >= 11 is 3.11. The molecular weight excluding hydrogens is 347 g/mol. The molecule has 114 valence electrons. The van der Waals surface area contributed by atoms with Gasteiger partial charge < -0.3 is 5.32 Å². The lowest BCUT2D eigenvalue weighted by molar-refractivity contribution is -0.137. The zero-order valence-electron chi connectivity index (χ0n) is 11.4. The Hall–Kier alpha value is -1.50. The lowest BCUT2D eigenvalue weighted by Crippen LogP contribution is -2.10. The Bertz CT molecular complexity index is 608. The third-order valence-corrected chi connectivity index (χ3v) is 3.40. The summed E-state index contributed by atoms with van der Waals surface area (Å²) < 4.78 is 40.5. The Labute approximate surface area is 129 Å². The van der Waals surface area contributed by atoms with Gasteiger partial charge in [0.2, 0.25) is 0 Å². The average molecular weight is 362 g/mol. The maximum Gasteiger partial charge on any atom is 0.416 e. The Morgan fingerprint density at radius 3 is 2.71 bits per heavy atom. The van der Waals surface area contributed by atoms with Crippen LogP contribution in [0.25, 0.3) is 0 Å². The zero-order valence-corrected chi connectivity index (χ0v) is 13.0. The first kappa shape index (κ1) is 15.9. The smallest absolute Gasteiger partial charge is 0.379 e. The van der Waals surface area contributed by atoms with Crippen molar-refractivity contribution in [2.24, 2.45) is 0 Å². The quantitative estimate of drug-likeness (QED) is 0.837. The van der Waals surface area contributed by atoms with E-state index < -0.39 is 11.7 Å². The van der Waals surface area contributed by atoms with Crippen LogP contribution in [-0.2, 0) is 19.3 Å². The monoisotopic (exact) mass is 361 g/mol. The minimum Gasteiger partial charge on any atom is -0.379 e. The van der Waals surface area contributed by atoms with Crippen LogP contribution in [0.5, 0.6) is 0 Å². The molecule has 0 amide bonds. The van der Waals surface area contributed by atoms with Crippen molar-refractivity contribution >= 4 is 21.6 Å². The predicted octanol–water partition coefficient (Wildman–Crippen LogP) is 4.69. The standard InChI is InChI=1S/C14H15BrF3N3/c1-2-5-21-13(3-4-20-21)9-19-12-7-10(14(16,17)18)6-11(15)8-12/h3-4,6-8,19H,2,5,9H2,1H3. The Morgan fingerprint density at radius 2 is 2.05 bits per heavy atom. The van der Waals surface area contributed by atoms with E-state index in [9.17, 15) is 13.2 Å². The Morgan fingerprint density at radius 1 is 1.29 bits per heavy atom. The molecule has 0 radical (unpaired) electrons. The summed E-state index contributed by atoms with van der Waals surface area (Å²) in [5.41, 5.74) is 0.674. The molecule has 0 saturated carbocycles. The van der Waals surface area contributed by atoms with Gasteiger partial charge in [0.15, 0.2) is 0 Å². The average Bonchev–Trinajstić information content (AvgIpc) is 2.83. The summed E-state index contributed by atoms with van der Waals surface area (Å²) in [6, 6.07) is 5.64.